The molecular formula is C28H32F6N2O6. The number of benzene rings is 2. The third kappa shape index (κ3) is 9.79. The Bertz CT molecular complexity index is 1050. The lowest BCUT2D eigenvalue weighted by atomic mass is 9.99. The summed E-state index contributed by atoms with van der Waals surface area (Å²) in [5.74, 6) is 0. The van der Waals surface area contributed by atoms with Crippen molar-refractivity contribution in [2.24, 2.45) is 0 Å². The summed E-state index contributed by atoms with van der Waals surface area (Å²) in [6.07, 6.45) is -14.0. The zero-order chi connectivity index (χ0) is 30.9. The van der Waals surface area contributed by atoms with Crippen LogP contribution in [0.15, 0.2) is 60.7 Å². The van der Waals surface area contributed by atoms with Crippen LogP contribution >= 0.6 is 0 Å². The molecule has 2 aliphatic heterocycles. The van der Waals surface area contributed by atoms with Gasteiger partial charge in [0, 0.05) is 25.9 Å². The number of halogens is 6. The Hall–Kier alpha value is -3.52. The van der Waals surface area contributed by atoms with E-state index in [0.29, 0.717) is 20.9 Å². The first-order chi connectivity index (χ1) is 19.8. The van der Waals surface area contributed by atoms with Crippen molar-refractivity contribution in [3.63, 3.8) is 0 Å². The molecule has 0 bridgehead atoms. The van der Waals surface area contributed by atoms with E-state index < -0.39 is 61.7 Å². The summed E-state index contributed by atoms with van der Waals surface area (Å²) in [6, 6.07) is 13.4. The van der Waals surface area contributed by atoms with Gasteiger partial charge in [-0.25, -0.2) is 9.59 Å². The van der Waals surface area contributed by atoms with Crippen LogP contribution in [0.25, 0.3) is 0 Å². The maximum Gasteiger partial charge on any atom is 0.410 e. The van der Waals surface area contributed by atoms with Crippen molar-refractivity contribution >= 4 is 12.2 Å². The summed E-state index contributed by atoms with van der Waals surface area (Å²) in [4.78, 5) is 25.0. The van der Waals surface area contributed by atoms with Gasteiger partial charge in [0.15, 0.2) is 0 Å². The van der Waals surface area contributed by atoms with E-state index in [4.69, 9.17) is 9.47 Å². The predicted octanol–water partition coefficient (Wildman–Crippen LogP) is 5.42. The number of hydrogen-bond acceptors (Lipinski definition) is 6. The maximum absolute atomic E-state index is 12.9. The van der Waals surface area contributed by atoms with E-state index in [2.05, 4.69) is 0 Å². The quantitative estimate of drug-likeness (QED) is 0.451. The first-order valence-electron chi connectivity index (χ1n) is 13.2. The highest BCUT2D eigenvalue weighted by Gasteiger charge is 2.50. The number of carbonyl (C=O) groups is 2. The average Bonchev–Trinajstić information content (AvgIpc) is 2.95. The molecule has 2 heterocycles. The number of rotatable bonds is 4. The molecule has 0 radical (unpaired) electrons. The number of aliphatic hydroxyl groups excluding tert-OH is 2. The lowest BCUT2D eigenvalue weighted by Crippen LogP contribution is -2.54. The van der Waals surface area contributed by atoms with Gasteiger partial charge in [-0.15, -0.1) is 0 Å². The van der Waals surface area contributed by atoms with Crippen molar-refractivity contribution in [3.05, 3.63) is 71.8 Å². The summed E-state index contributed by atoms with van der Waals surface area (Å²) in [6.45, 7) is -0.495. The SMILES string of the molecule is O=C(OCc1ccccc1)N1CC[C@@H](O)C[C@H]1C(F)(F)F.O=C(OCc1ccccc1)N1CC[C@H](O)C[C@@H]1C(F)(F)F. The minimum absolute atomic E-state index is 0.0801. The van der Waals surface area contributed by atoms with Crippen LogP contribution in [0.1, 0.15) is 36.8 Å². The molecule has 8 nitrogen and oxygen atoms in total. The van der Waals surface area contributed by atoms with Crippen molar-refractivity contribution in [2.75, 3.05) is 13.1 Å². The van der Waals surface area contributed by atoms with E-state index in [1.165, 1.54) is 0 Å². The van der Waals surface area contributed by atoms with E-state index in [0.717, 1.165) is 0 Å². The van der Waals surface area contributed by atoms with Gasteiger partial charge in [-0.1, -0.05) is 60.7 Å². The summed E-state index contributed by atoms with van der Waals surface area (Å²) >= 11 is 0. The Morgan fingerprint density at radius 2 is 1.00 bits per heavy atom. The second-order valence-electron chi connectivity index (χ2n) is 9.94. The topological polar surface area (TPSA) is 99.5 Å². The number of hydrogen-bond donors (Lipinski definition) is 2. The molecule has 232 valence electrons. The Morgan fingerprint density at radius 1 is 0.667 bits per heavy atom. The van der Waals surface area contributed by atoms with Crippen LogP contribution in [-0.2, 0) is 22.7 Å². The van der Waals surface area contributed by atoms with Crippen molar-refractivity contribution in [2.45, 2.75) is 75.5 Å². The molecule has 0 aromatic heterocycles. The Kier molecular flexibility index (Phi) is 11.5. The van der Waals surface area contributed by atoms with Gasteiger partial charge in [-0.05, 0) is 24.0 Å². The number of likely N-dealkylation sites (tertiary alicyclic amines) is 2. The molecule has 2 aromatic carbocycles. The molecule has 2 fully saturated rings. The van der Waals surface area contributed by atoms with Crippen LogP contribution < -0.4 is 0 Å². The van der Waals surface area contributed by atoms with Gasteiger partial charge < -0.3 is 19.7 Å². The van der Waals surface area contributed by atoms with E-state index in [1.54, 1.807) is 60.7 Å². The highest BCUT2D eigenvalue weighted by Crippen LogP contribution is 2.33. The zero-order valence-corrected chi connectivity index (χ0v) is 22.4. The van der Waals surface area contributed by atoms with E-state index in [-0.39, 0.29) is 39.1 Å². The molecule has 0 aliphatic carbocycles. The molecule has 0 unspecified atom stereocenters. The fourth-order valence-electron chi connectivity index (χ4n) is 4.56. The van der Waals surface area contributed by atoms with Crippen LogP contribution in [0, 0.1) is 0 Å². The fourth-order valence-corrected chi connectivity index (χ4v) is 4.56. The molecule has 4 atom stereocenters. The van der Waals surface area contributed by atoms with Gasteiger partial charge in [0.1, 0.15) is 25.3 Å². The fraction of sp³-hybridized carbons (Fsp3) is 0.500. The van der Waals surface area contributed by atoms with E-state index in [9.17, 15) is 46.1 Å². The Balaban J connectivity index is 0.000000230. The summed E-state index contributed by atoms with van der Waals surface area (Å²) in [5, 5.41) is 18.7. The van der Waals surface area contributed by atoms with Crippen LogP contribution in [-0.4, -0.2) is 81.9 Å². The van der Waals surface area contributed by atoms with Gasteiger partial charge in [0.05, 0.1) is 12.2 Å². The summed E-state index contributed by atoms with van der Waals surface area (Å²) in [7, 11) is 0. The van der Waals surface area contributed by atoms with E-state index >= 15 is 0 Å². The first kappa shape index (κ1) is 33.0. The standard InChI is InChI=1S/2C14H16F3NO3/c2*15-14(16,17)12-8-11(19)6-7-18(12)13(20)21-9-10-4-2-1-3-5-10/h2*1-5,11-12,19H,6-9H2/t2*11-,12+/m10/s1. The molecule has 2 N–H and O–H groups in total. The van der Waals surface area contributed by atoms with E-state index in [1.807, 2.05) is 0 Å². The van der Waals surface area contributed by atoms with Gasteiger partial charge >= 0.3 is 24.5 Å². The lowest BCUT2D eigenvalue weighted by molar-refractivity contribution is -0.194. The third-order valence-corrected chi connectivity index (χ3v) is 6.78. The Labute approximate surface area is 238 Å². The van der Waals surface area contributed by atoms with Crippen LogP contribution in [0.4, 0.5) is 35.9 Å². The van der Waals surface area contributed by atoms with Crippen molar-refractivity contribution in [1.82, 2.24) is 9.80 Å². The largest absolute Gasteiger partial charge is 0.445 e. The average molecular weight is 607 g/mol. The second-order valence-corrected chi connectivity index (χ2v) is 9.94. The number of piperidine rings is 2. The molecule has 42 heavy (non-hydrogen) atoms. The summed E-state index contributed by atoms with van der Waals surface area (Å²) in [5.41, 5.74) is 1.40. The van der Waals surface area contributed by atoms with Crippen molar-refractivity contribution < 1.29 is 55.6 Å². The van der Waals surface area contributed by atoms with Crippen molar-refractivity contribution in [1.29, 1.82) is 0 Å². The number of amides is 2. The maximum atomic E-state index is 12.9. The first-order valence-corrected chi connectivity index (χ1v) is 13.2. The normalized spacial score (nSPS) is 23.0. The monoisotopic (exact) mass is 606 g/mol. The number of ether oxygens (including phenoxy) is 2. The molecule has 0 saturated carbocycles. The smallest absolute Gasteiger partial charge is 0.410 e. The number of aliphatic hydroxyl groups is 2. The number of carbonyl (C=O) groups excluding carboxylic acids is 2. The highest BCUT2D eigenvalue weighted by atomic mass is 19.4. The molecule has 14 heteroatoms. The Morgan fingerprint density at radius 3 is 1.31 bits per heavy atom. The van der Waals surface area contributed by atoms with Crippen LogP contribution in [0.5, 0.6) is 0 Å². The molecule has 4 rings (SSSR count). The van der Waals surface area contributed by atoms with Crippen LogP contribution in [0.2, 0.25) is 0 Å². The number of alkyl halides is 6. The second kappa shape index (κ2) is 14.6. The predicted molar refractivity (Wildman–Crippen MR) is 137 cm³/mol. The van der Waals surface area contributed by atoms with Gasteiger partial charge in [0.2, 0.25) is 0 Å². The molecular weight excluding hydrogens is 574 g/mol. The summed E-state index contributed by atoms with van der Waals surface area (Å²) < 4.78 is 87.4. The minimum atomic E-state index is -4.58. The third-order valence-electron chi connectivity index (χ3n) is 6.78. The molecule has 2 aromatic rings. The van der Waals surface area contributed by atoms with Gasteiger partial charge in [0.25, 0.3) is 0 Å². The molecule has 2 saturated heterocycles. The molecule has 0 spiro atoms. The molecule has 2 aliphatic rings. The van der Waals surface area contributed by atoms with Crippen molar-refractivity contribution in [3.8, 4) is 0 Å². The molecule has 2 amide bonds. The van der Waals surface area contributed by atoms with Gasteiger partial charge in [-0.3, -0.25) is 9.80 Å². The van der Waals surface area contributed by atoms with Gasteiger partial charge in [-0.2, -0.15) is 26.3 Å². The van der Waals surface area contributed by atoms with Crippen LogP contribution in [0.3, 0.4) is 0 Å². The zero-order valence-electron chi connectivity index (χ0n) is 22.4. The lowest BCUT2D eigenvalue weighted by Gasteiger charge is -2.37. The highest BCUT2D eigenvalue weighted by molar-refractivity contribution is 5.69. The minimum Gasteiger partial charge on any atom is -0.445 e. The number of nitrogens with zero attached hydrogens (tertiary/aromatic N) is 2.